The van der Waals surface area contributed by atoms with Crippen molar-refractivity contribution < 1.29 is 27.5 Å². The number of alkyl halides is 3. The van der Waals surface area contributed by atoms with E-state index in [-0.39, 0.29) is 5.82 Å². The maximum atomic E-state index is 13.5. The third kappa shape index (κ3) is 5.76. The summed E-state index contributed by atoms with van der Waals surface area (Å²) in [6, 6.07) is 6.79. The van der Waals surface area contributed by atoms with Crippen molar-refractivity contribution in [3.63, 3.8) is 0 Å². The Morgan fingerprint density at radius 3 is 2.37 bits per heavy atom. The van der Waals surface area contributed by atoms with Crippen LogP contribution in [-0.4, -0.2) is 66.4 Å². The average Bonchev–Trinajstić information content (AvgIpc) is 2.62. The number of halogens is 4. The number of carbonyl (C=O) groups is 1. The topological polar surface area (TPSA) is 82.7 Å². The van der Waals surface area contributed by atoms with Gasteiger partial charge in [0.05, 0.1) is 0 Å². The predicted octanol–water partition coefficient (Wildman–Crippen LogP) is 2.09. The second-order valence-electron chi connectivity index (χ2n) is 5.92. The Labute approximate surface area is 153 Å². The maximum absolute atomic E-state index is 13.5. The van der Waals surface area contributed by atoms with Crippen LogP contribution in [0.1, 0.15) is 0 Å². The Hall–Kier alpha value is -2.46. The first-order valence-corrected chi connectivity index (χ1v) is 8.24. The van der Waals surface area contributed by atoms with E-state index in [4.69, 9.17) is 15.6 Å². The van der Waals surface area contributed by atoms with Crippen molar-refractivity contribution in [1.82, 2.24) is 9.88 Å². The minimum atomic E-state index is -5.08. The standard InChI is InChI=1S/C15H19FN4.C2HF3O2/c16-13-2-1-12-3-5-18-15(14(12)11-13)20-9-7-19(6-4-17)8-10-20;3-2(4,5)1(6)7/h1-3,5,11H,4,6-10,17H2;(H,6,7). The van der Waals surface area contributed by atoms with Crippen LogP contribution in [0.15, 0.2) is 30.5 Å². The van der Waals surface area contributed by atoms with Gasteiger partial charge >= 0.3 is 12.1 Å². The number of aliphatic carboxylic acids is 1. The van der Waals surface area contributed by atoms with Crippen molar-refractivity contribution in [2.24, 2.45) is 5.73 Å². The van der Waals surface area contributed by atoms with Crippen LogP contribution in [0, 0.1) is 5.82 Å². The minimum absolute atomic E-state index is 0.214. The lowest BCUT2D eigenvalue weighted by Crippen LogP contribution is -2.48. The smallest absolute Gasteiger partial charge is 0.475 e. The lowest BCUT2D eigenvalue weighted by molar-refractivity contribution is -0.192. The molecule has 3 N–H and O–H groups in total. The molecule has 10 heteroatoms. The van der Waals surface area contributed by atoms with Crippen molar-refractivity contribution in [1.29, 1.82) is 0 Å². The molecule has 0 unspecified atom stereocenters. The Morgan fingerprint density at radius 2 is 1.81 bits per heavy atom. The fraction of sp³-hybridized carbons (Fsp3) is 0.412. The molecule has 3 rings (SSSR count). The summed E-state index contributed by atoms with van der Waals surface area (Å²) in [5, 5.41) is 9.04. The number of nitrogens with zero attached hydrogens (tertiary/aromatic N) is 3. The number of nitrogens with two attached hydrogens (primary N) is 1. The van der Waals surface area contributed by atoms with Crippen molar-refractivity contribution in [2.75, 3.05) is 44.2 Å². The molecule has 0 aliphatic carbocycles. The largest absolute Gasteiger partial charge is 0.490 e. The summed E-state index contributed by atoms with van der Waals surface area (Å²) in [6.45, 7) is 5.39. The normalized spacial score (nSPS) is 15.4. The van der Waals surface area contributed by atoms with Crippen LogP contribution in [0.4, 0.5) is 23.4 Å². The van der Waals surface area contributed by atoms with Gasteiger partial charge in [-0.05, 0) is 23.6 Å². The van der Waals surface area contributed by atoms with E-state index in [1.54, 1.807) is 18.3 Å². The molecule has 0 atom stereocenters. The highest BCUT2D eigenvalue weighted by atomic mass is 19.4. The highest BCUT2D eigenvalue weighted by Crippen LogP contribution is 2.26. The summed E-state index contributed by atoms with van der Waals surface area (Å²) >= 11 is 0. The molecule has 0 bridgehead atoms. The van der Waals surface area contributed by atoms with Gasteiger partial charge in [0.15, 0.2) is 0 Å². The van der Waals surface area contributed by atoms with Crippen molar-refractivity contribution in [2.45, 2.75) is 6.18 Å². The van der Waals surface area contributed by atoms with Crippen LogP contribution < -0.4 is 10.6 Å². The van der Waals surface area contributed by atoms with Crippen molar-refractivity contribution in [3.8, 4) is 0 Å². The lowest BCUT2D eigenvalue weighted by atomic mass is 10.1. The monoisotopic (exact) mass is 388 g/mol. The summed E-state index contributed by atoms with van der Waals surface area (Å²) in [6.07, 6.45) is -3.29. The fourth-order valence-corrected chi connectivity index (χ4v) is 2.74. The highest BCUT2D eigenvalue weighted by Gasteiger charge is 2.38. The Morgan fingerprint density at radius 1 is 1.19 bits per heavy atom. The van der Waals surface area contributed by atoms with Crippen molar-refractivity contribution >= 4 is 22.6 Å². The number of rotatable bonds is 3. The molecule has 1 fully saturated rings. The van der Waals surface area contributed by atoms with Crippen molar-refractivity contribution in [3.05, 3.63) is 36.3 Å². The van der Waals surface area contributed by atoms with Crippen LogP contribution in [0.3, 0.4) is 0 Å². The SMILES string of the molecule is NCCN1CCN(c2nccc3ccc(F)cc23)CC1.O=C(O)C(F)(F)F. The number of aromatic nitrogens is 1. The molecular formula is C17H20F4N4O2. The number of piperazine rings is 1. The van der Waals surface area contributed by atoms with Gasteiger partial charge in [-0.25, -0.2) is 14.2 Å². The number of carboxylic acids is 1. The number of pyridine rings is 1. The third-order valence-electron chi connectivity index (χ3n) is 4.07. The van der Waals surface area contributed by atoms with E-state index in [9.17, 15) is 17.6 Å². The van der Waals surface area contributed by atoms with E-state index >= 15 is 0 Å². The molecule has 148 valence electrons. The zero-order valence-electron chi connectivity index (χ0n) is 14.4. The molecule has 0 saturated carbocycles. The van der Waals surface area contributed by atoms with E-state index in [1.165, 1.54) is 6.07 Å². The Balaban J connectivity index is 0.000000321. The molecule has 2 aromatic rings. The van der Waals surface area contributed by atoms with Crippen LogP contribution in [0.5, 0.6) is 0 Å². The number of anilines is 1. The minimum Gasteiger partial charge on any atom is -0.475 e. The van der Waals surface area contributed by atoms with Crippen LogP contribution in [0.25, 0.3) is 10.8 Å². The molecule has 1 aromatic heterocycles. The summed E-state index contributed by atoms with van der Waals surface area (Å²) < 4.78 is 45.2. The second kappa shape index (κ2) is 8.96. The van der Waals surface area contributed by atoms with Gasteiger partial charge in [0.2, 0.25) is 0 Å². The van der Waals surface area contributed by atoms with E-state index in [0.717, 1.165) is 49.3 Å². The van der Waals surface area contributed by atoms with Crippen LogP contribution in [0.2, 0.25) is 0 Å². The number of hydrogen-bond acceptors (Lipinski definition) is 5. The molecule has 2 heterocycles. The highest BCUT2D eigenvalue weighted by molar-refractivity contribution is 5.92. The quantitative estimate of drug-likeness (QED) is 0.784. The fourth-order valence-electron chi connectivity index (χ4n) is 2.74. The molecule has 27 heavy (non-hydrogen) atoms. The third-order valence-corrected chi connectivity index (χ3v) is 4.07. The number of fused-ring (bicyclic) bond motifs is 1. The predicted molar refractivity (Wildman–Crippen MR) is 93.1 cm³/mol. The van der Waals surface area contributed by atoms with Gasteiger partial charge in [-0.1, -0.05) is 6.07 Å². The van der Waals surface area contributed by atoms with Gasteiger partial charge in [0.25, 0.3) is 0 Å². The summed E-state index contributed by atoms with van der Waals surface area (Å²) in [5.41, 5.74) is 5.59. The molecule has 1 aliphatic rings. The zero-order chi connectivity index (χ0) is 20.0. The van der Waals surface area contributed by atoms with E-state index in [0.29, 0.717) is 6.54 Å². The van der Waals surface area contributed by atoms with E-state index in [1.807, 2.05) is 6.07 Å². The molecule has 1 aromatic carbocycles. The molecule has 0 amide bonds. The second-order valence-corrected chi connectivity index (χ2v) is 5.92. The maximum Gasteiger partial charge on any atom is 0.490 e. The molecule has 0 spiro atoms. The number of benzene rings is 1. The number of hydrogen-bond donors (Lipinski definition) is 2. The van der Waals surface area contributed by atoms with Gasteiger partial charge in [-0.3, -0.25) is 4.90 Å². The zero-order valence-corrected chi connectivity index (χ0v) is 14.4. The average molecular weight is 388 g/mol. The van der Waals surface area contributed by atoms with E-state index in [2.05, 4.69) is 14.8 Å². The van der Waals surface area contributed by atoms with Gasteiger partial charge in [0, 0.05) is 50.9 Å². The van der Waals surface area contributed by atoms with Crippen LogP contribution >= 0.6 is 0 Å². The number of carboxylic acid groups (broad SMARTS) is 1. The van der Waals surface area contributed by atoms with Crippen LogP contribution in [-0.2, 0) is 4.79 Å². The van der Waals surface area contributed by atoms with Gasteiger partial charge in [-0.2, -0.15) is 13.2 Å². The molecule has 0 radical (unpaired) electrons. The Bertz CT molecular complexity index is 777. The summed E-state index contributed by atoms with van der Waals surface area (Å²) in [7, 11) is 0. The lowest BCUT2D eigenvalue weighted by Gasteiger charge is -2.35. The first-order chi connectivity index (χ1) is 12.7. The van der Waals surface area contributed by atoms with Gasteiger partial charge in [-0.15, -0.1) is 0 Å². The first-order valence-electron chi connectivity index (χ1n) is 8.24. The van der Waals surface area contributed by atoms with Gasteiger partial charge in [0.1, 0.15) is 11.6 Å². The Kier molecular flexibility index (Phi) is 6.92. The van der Waals surface area contributed by atoms with E-state index < -0.39 is 12.1 Å². The molecule has 1 saturated heterocycles. The molecular weight excluding hydrogens is 368 g/mol. The van der Waals surface area contributed by atoms with Gasteiger partial charge < -0.3 is 15.7 Å². The summed E-state index contributed by atoms with van der Waals surface area (Å²) in [4.78, 5) is 17.9. The summed E-state index contributed by atoms with van der Waals surface area (Å²) in [5.74, 6) is -2.09. The first kappa shape index (κ1) is 20.8. The molecule has 6 nitrogen and oxygen atoms in total. The molecule has 1 aliphatic heterocycles.